The topological polar surface area (TPSA) is 73.4 Å². The average molecular weight is 383 g/mol. The smallest absolute Gasteiger partial charge is 0.323 e. The minimum Gasteiger partial charge on any atom is -0.361 e. The van der Waals surface area contributed by atoms with Crippen LogP contribution >= 0.6 is 0 Å². The molecule has 2 heterocycles. The van der Waals surface area contributed by atoms with Crippen LogP contribution in [0.4, 0.5) is 27.9 Å². The second-order valence-electron chi connectivity index (χ2n) is 8.40. The number of aromatic nitrogens is 2. The lowest BCUT2D eigenvalue weighted by Gasteiger charge is -2.21. The Morgan fingerprint density at radius 1 is 1.07 bits per heavy atom. The van der Waals surface area contributed by atoms with Crippen LogP contribution in [0.2, 0.25) is 0 Å². The molecule has 1 aliphatic rings. The maximum absolute atomic E-state index is 12.5. The summed E-state index contributed by atoms with van der Waals surface area (Å²) in [6.45, 7) is 8.44. The van der Waals surface area contributed by atoms with E-state index in [9.17, 15) is 4.79 Å². The van der Waals surface area contributed by atoms with Crippen LogP contribution in [0.1, 0.15) is 39.2 Å². The van der Waals surface area contributed by atoms with Crippen molar-refractivity contribution < 1.29 is 4.79 Å². The van der Waals surface area contributed by atoms with Crippen LogP contribution in [0, 0.1) is 0 Å². The molecule has 0 aliphatic carbocycles. The van der Waals surface area contributed by atoms with Crippen LogP contribution in [-0.2, 0) is 5.41 Å². The van der Waals surface area contributed by atoms with Gasteiger partial charge in [-0.1, -0.05) is 32.9 Å². The van der Waals surface area contributed by atoms with Gasteiger partial charge in [-0.3, -0.25) is 0 Å². The Balaban J connectivity index is 1.70. The first kappa shape index (κ1) is 19.9. The highest BCUT2D eigenvalue weighted by atomic mass is 16.2. The van der Waals surface area contributed by atoms with Gasteiger partial charge in [0.05, 0.1) is 6.20 Å². The lowest BCUT2D eigenvalue weighted by atomic mass is 9.87. The third kappa shape index (κ3) is 4.71. The van der Waals surface area contributed by atoms with Gasteiger partial charge in [-0.25, -0.2) is 9.78 Å². The van der Waals surface area contributed by atoms with Gasteiger partial charge in [0.25, 0.3) is 0 Å². The van der Waals surface area contributed by atoms with E-state index in [0.29, 0.717) is 17.5 Å². The molecule has 0 bridgehead atoms. The zero-order valence-electron chi connectivity index (χ0n) is 17.4. The number of nitrogens with one attached hydrogen (secondary N) is 2. The molecule has 0 unspecified atom stereocenters. The molecule has 0 saturated carbocycles. The van der Waals surface area contributed by atoms with E-state index in [4.69, 9.17) is 0 Å². The molecule has 2 N–H and O–H groups in total. The summed E-state index contributed by atoms with van der Waals surface area (Å²) < 4.78 is 0. The number of carbonyl (C=O) groups is 1. The van der Waals surface area contributed by atoms with E-state index in [0.717, 1.165) is 31.6 Å². The van der Waals surface area contributed by atoms with Crippen LogP contribution in [-0.4, -0.2) is 43.2 Å². The lowest BCUT2D eigenvalue weighted by Crippen LogP contribution is -2.25. The van der Waals surface area contributed by atoms with Crippen molar-refractivity contribution >= 4 is 29.2 Å². The van der Waals surface area contributed by atoms with Crippen LogP contribution in [0.3, 0.4) is 0 Å². The average Bonchev–Trinajstić information content (AvgIpc) is 3.16. The zero-order chi connectivity index (χ0) is 20.3. The molecule has 150 valence electrons. The number of benzene rings is 1. The van der Waals surface area contributed by atoms with Crippen molar-refractivity contribution in [2.24, 2.45) is 0 Å². The molecule has 3 rings (SSSR count). The number of hydrogen-bond donors (Lipinski definition) is 2. The van der Waals surface area contributed by atoms with Crippen molar-refractivity contribution in [2.45, 2.75) is 39.0 Å². The molecule has 1 aromatic carbocycles. The summed E-state index contributed by atoms with van der Waals surface area (Å²) in [6.07, 6.45) is 4.01. The molecule has 0 spiro atoms. The molecule has 0 atom stereocenters. The van der Waals surface area contributed by atoms with Gasteiger partial charge < -0.3 is 20.4 Å². The van der Waals surface area contributed by atoms with Crippen molar-refractivity contribution in [2.75, 3.05) is 47.6 Å². The second-order valence-corrected chi connectivity index (χ2v) is 8.40. The maximum Gasteiger partial charge on any atom is 0.323 e. The number of nitrogens with zero attached hydrogens (tertiary/aromatic N) is 4. The number of carbonyl (C=O) groups excluding carboxylic acids is 1. The lowest BCUT2D eigenvalue weighted by molar-refractivity contribution is 0.262. The summed E-state index contributed by atoms with van der Waals surface area (Å²) in [6, 6.07) is 7.59. The van der Waals surface area contributed by atoms with E-state index in [1.165, 1.54) is 5.56 Å². The molecule has 28 heavy (non-hydrogen) atoms. The van der Waals surface area contributed by atoms with Crippen molar-refractivity contribution in [3.05, 3.63) is 36.0 Å². The summed E-state index contributed by atoms with van der Waals surface area (Å²) in [5.74, 6) is 1.40. The minimum atomic E-state index is -0.316. The van der Waals surface area contributed by atoms with Crippen molar-refractivity contribution in [3.63, 3.8) is 0 Å². The fourth-order valence-corrected chi connectivity index (χ4v) is 3.20. The summed E-state index contributed by atoms with van der Waals surface area (Å²) in [5.41, 5.74) is 2.62. The molecule has 1 aliphatic heterocycles. The fourth-order valence-electron chi connectivity index (χ4n) is 3.20. The Morgan fingerprint density at radius 2 is 1.71 bits per heavy atom. The Morgan fingerprint density at radius 3 is 2.29 bits per heavy atom. The van der Waals surface area contributed by atoms with Gasteiger partial charge in [-0.2, -0.15) is 4.98 Å². The highest BCUT2D eigenvalue weighted by molar-refractivity contribution is 6.01. The summed E-state index contributed by atoms with van der Waals surface area (Å²) in [7, 11) is 3.81. The van der Waals surface area contributed by atoms with Crippen molar-refractivity contribution in [1.82, 2.24) is 9.97 Å². The molecule has 2 aromatic rings. The number of hydrogen-bond acceptors (Lipinski definition) is 5. The van der Waals surface area contributed by atoms with Gasteiger partial charge in [0.15, 0.2) is 5.82 Å². The number of rotatable bonds is 4. The van der Waals surface area contributed by atoms with Crippen LogP contribution in [0.25, 0.3) is 0 Å². The molecule has 0 radical (unpaired) electrons. The highest BCUT2D eigenvalue weighted by Crippen LogP contribution is 2.26. The molecule has 1 fully saturated rings. The Hall–Kier alpha value is -2.83. The van der Waals surface area contributed by atoms with Crippen LogP contribution in [0.5, 0.6) is 0 Å². The summed E-state index contributed by atoms with van der Waals surface area (Å²) in [5, 5.41) is 5.74. The zero-order valence-corrected chi connectivity index (χ0v) is 17.4. The largest absolute Gasteiger partial charge is 0.361 e. The molecule has 1 aromatic heterocycles. The van der Waals surface area contributed by atoms with Gasteiger partial charge in [0, 0.05) is 32.9 Å². The normalized spacial score (nSPS) is 14.1. The Kier molecular flexibility index (Phi) is 5.72. The van der Waals surface area contributed by atoms with Gasteiger partial charge >= 0.3 is 6.03 Å². The van der Waals surface area contributed by atoms with E-state index < -0.39 is 0 Å². The van der Waals surface area contributed by atoms with Crippen LogP contribution < -0.4 is 20.4 Å². The molecular weight excluding hydrogens is 352 g/mol. The molecule has 7 heteroatoms. The van der Waals surface area contributed by atoms with Gasteiger partial charge in [-0.15, -0.1) is 0 Å². The molecule has 1 saturated heterocycles. The Bertz CT molecular complexity index is 820. The predicted molar refractivity (Wildman–Crippen MR) is 116 cm³/mol. The quantitative estimate of drug-likeness (QED) is 0.833. The fraction of sp³-hybridized carbons (Fsp3) is 0.476. The van der Waals surface area contributed by atoms with E-state index in [1.54, 1.807) is 6.20 Å². The van der Waals surface area contributed by atoms with Gasteiger partial charge in [0.2, 0.25) is 5.95 Å². The first-order valence-corrected chi connectivity index (χ1v) is 9.72. The van der Waals surface area contributed by atoms with E-state index in [1.807, 2.05) is 43.3 Å². The van der Waals surface area contributed by atoms with E-state index in [2.05, 4.69) is 46.3 Å². The number of amides is 2. The highest BCUT2D eigenvalue weighted by Gasteiger charge is 2.19. The second kappa shape index (κ2) is 8.04. The SMILES string of the molecule is CN(C)c1nc(N2CCCC2)ncc1NC(=O)Nc1ccc(C(C)(C)C)cc1. The van der Waals surface area contributed by atoms with Crippen LogP contribution in [0.15, 0.2) is 30.5 Å². The maximum atomic E-state index is 12.5. The first-order chi connectivity index (χ1) is 13.2. The van der Waals surface area contributed by atoms with Crippen molar-refractivity contribution in [3.8, 4) is 0 Å². The third-order valence-electron chi connectivity index (χ3n) is 4.83. The number of urea groups is 1. The van der Waals surface area contributed by atoms with E-state index >= 15 is 0 Å². The monoisotopic (exact) mass is 382 g/mol. The predicted octanol–water partition coefficient (Wildman–Crippen LogP) is 4.08. The number of anilines is 4. The molecule has 2 amide bonds. The van der Waals surface area contributed by atoms with Gasteiger partial charge in [-0.05, 0) is 36.0 Å². The van der Waals surface area contributed by atoms with Crippen molar-refractivity contribution in [1.29, 1.82) is 0 Å². The first-order valence-electron chi connectivity index (χ1n) is 9.72. The van der Waals surface area contributed by atoms with Gasteiger partial charge in [0.1, 0.15) is 5.69 Å². The molecular formula is C21H30N6O. The third-order valence-corrected chi connectivity index (χ3v) is 4.83. The summed E-state index contributed by atoms with van der Waals surface area (Å²) >= 11 is 0. The molecule has 7 nitrogen and oxygen atoms in total. The standard InChI is InChI=1S/C21H30N6O/c1-21(2,3)15-8-10-16(11-9-15)23-20(28)24-17-14-22-19(25-18(17)26(4)5)27-12-6-7-13-27/h8-11,14H,6-7,12-13H2,1-5H3,(H2,23,24,28). The Labute approximate surface area is 167 Å². The van der Waals surface area contributed by atoms with E-state index in [-0.39, 0.29) is 11.4 Å². The summed E-state index contributed by atoms with van der Waals surface area (Å²) in [4.78, 5) is 25.6. The minimum absolute atomic E-state index is 0.0792.